The molecule has 0 radical (unpaired) electrons. The van der Waals surface area contributed by atoms with Crippen LogP contribution in [0.4, 0.5) is 0 Å². The molecule has 0 aliphatic heterocycles. The van der Waals surface area contributed by atoms with E-state index in [4.69, 9.17) is 5.26 Å². The molecule has 3 heteroatoms. The Morgan fingerprint density at radius 1 is 1.29 bits per heavy atom. The van der Waals surface area contributed by atoms with E-state index in [1.165, 1.54) is 0 Å². The van der Waals surface area contributed by atoms with Crippen LogP contribution >= 0.6 is 0 Å². The standard InChI is InChI=1S/C14H18N2O/c1-16(12-6-10-15)11-5-9-14(17)13-7-3-2-4-8-13/h2-4,7-8H,5-6,9,11-12H2,1H3. The summed E-state index contributed by atoms with van der Waals surface area (Å²) in [5, 5.41) is 8.45. The van der Waals surface area contributed by atoms with Crippen LogP contribution in [-0.4, -0.2) is 30.8 Å². The Kier molecular flexibility index (Phi) is 5.98. The first-order valence-corrected chi connectivity index (χ1v) is 5.88. The molecule has 0 fully saturated rings. The highest BCUT2D eigenvalue weighted by Crippen LogP contribution is 2.05. The first-order valence-electron chi connectivity index (χ1n) is 5.88. The lowest BCUT2D eigenvalue weighted by atomic mass is 10.1. The number of hydrogen-bond donors (Lipinski definition) is 0. The molecule has 17 heavy (non-hydrogen) atoms. The summed E-state index contributed by atoms with van der Waals surface area (Å²) in [5.41, 5.74) is 0.784. The Bertz CT molecular complexity index is 381. The van der Waals surface area contributed by atoms with Crippen molar-refractivity contribution in [3.8, 4) is 6.07 Å². The average molecular weight is 230 g/mol. The van der Waals surface area contributed by atoms with Gasteiger partial charge in [-0.1, -0.05) is 30.3 Å². The summed E-state index contributed by atoms with van der Waals surface area (Å²) in [6, 6.07) is 11.5. The molecule has 0 saturated carbocycles. The zero-order chi connectivity index (χ0) is 12.5. The second kappa shape index (κ2) is 7.59. The van der Waals surface area contributed by atoms with E-state index in [0.29, 0.717) is 12.8 Å². The van der Waals surface area contributed by atoms with Gasteiger partial charge in [-0.25, -0.2) is 0 Å². The molecular weight excluding hydrogens is 212 g/mol. The summed E-state index contributed by atoms with van der Waals surface area (Å²) >= 11 is 0. The number of benzene rings is 1. The van der Waals surface area contributed by atoms with Crippen molar-refractivity contribution in [1.82, 2.24) is 4.90 Å². The topological polar surface area (TPSA) is 44.1 Å². The van der Waals surface area contributed by atoms with Gasteiger partial charge >= 0.3 is 0 Å². The number of ketones is 1. The average Bonchev–Trinajstić information content (AvgIpc) is 2.37. The quantitative estimate of drug-likeness (QED) is 0.676. The van der Waals surface area contributed by atoms with Gasteiger partial charge < -0.3 is 4.90 Å². The third kappa shape index (κ3) is 5.28. The summed E-state index contributed by atoms with van der Waals surface area (Å²) in [4.78, 5) is 13.9. The van der Waals surface area contributed by atoms with E-state index < -0.39 is 0 Å². The molecule has 0 spiro atoms. The molecule has 0 bridgehead atoms. The smallest absolute Gasteiger partial charge is 0.162 e. The molecule has 0 N–H and O–H groups in total. The molecule has 0 aliphatic rings. The predicted octanol–water partition coefficient (Wildman–Crippen LogP) is 2.49. The van der Waals surface area contributed by atoms with Crippen molar-refractivity contribution in [2.75, 3.05) is 20.1 Å². The highest BCUT2D eigenvalue weighted by Gasteiger charge is 2.05. The van der Waals surface area contributed by atoms with Crippen LogP contribution in [0.3, 0.4) is 0 Å². The van der Waals surface area contributed by atoms with E-state index >= 15 is 0 Å². The third-order valence-corrected chi connectivity index (χ3v) is 2.64. The molecule has 0 aliphatic carbocycles. The monoisotopic (exact) mass is 230 g/mol. The zero-order valence-corrected chi connectivity index (χ0v) is 10.2. The Morgan fingerprint density at radius 2 is 2.00 bits per heavy atom. The number of Topliss-reactive ketones (excluding diaryl/α,β-unsaturated/α-hetero) is 1. The van der Waals surface area contributed by atoms with Crippen molar-refractivity contribution in [3.05, 3.63) is 35.9 Å². The number of nitrogens with zero attached hydrogens (tertiary/aromatic N) is 2. The van der Waals surface area contributed by atoms with E-state index in [-0.39, 0.29) is 5.78 Å². The van der Waals surface area contributed by atoms with Crippen LogP contribution in [0.2, 0.25) is 0 Å². The fourth-order valence-electron chi connectivity index (χ4n) is 1.63. The summed E-state index contributed by atoms with van der Waals surface area (Å²) in [7, 11) is 1.98. The predicted molar refractivity (Wildman–Crippen MR) is 67.7 cm³/mol. The minimum atomic E-state index is 0.194. The van der Waals surface area contributed by atoms with Gasteiger partial charge in [0.1, 0.15) is 0 Å². The third-order valence-electron chi connectivity index (χ3n) is 2.64. The number of rotatable bonds is 7. The van der Waals surface area contributed by atoms with Gasteiger partial charge in [0, 0.05) is 24.9 Å². The van der Waals surface area contributed by atoms with E-state index in [1.54, 1.807) is 0 Å². The van der Waals surface area contributed by atoms with Gasteiger partial charge in [-0.2, -0.15) is 5.26 Å². The van der Waals surface area contributed by atoms with Gasteiger partial charge in [-0.05, 0) is 20.0 Å². The molecule has 1 rings (SSSR count). The fraction of sp³-hybridized carbons (Fsp3) is 0.429. The van der Waals surface area contributed by atoms with Gasteiger partial charge in [0.05, 0.1) is 6.07 Å². The maximum atomic E-state index is 11.8. The van der Waals surface area contributed by atoms with Gasteiger partial charge in [-0.3, -0.25) is 4.79 Å². The molecular formula is C14H18N2O. The Morgan fingerprint density at radius 3 is 2.65 bits per heavy atom. The lowest BCUT2D eigenvalue weighted by Gasteiger charge is -2.13. The molecule has 0 saturated heterocycles. The van der Waals surface area contributed by atoms with Crippen LogP contribution in [-0.2, 0) is 0 Å². The highest BCUT2D eigenvalue weighted by atomic mass is 16.1. The molecule has 1 aromatic rings. The maximum Gasteiger partial charge on any atom is 0.162 e. The molecule has 0 unspecified atom stereocenters. The number of carbonyl (C=O) groups is 1. The van der Waals surface area contributed by atoms with E-state index in [0.717, 1.165) is 25.1 Å². The Labute approximate surface area is 103 Å². The molecule has 1 aromatic carbocycles. The van der Waals surface area contributed by atoms with Crippen LogP contribution in [0.25, 0.3) is 0 Å². The van der Waals surface area contributed by atoms with Gasteiger partial charge in [0.2, 0.25) is 0 Å². The Balaban J connectivity index is 2.23. The summed E-state index contributed by atoms with van der Waals surface area (Å²) < 4.78 is 0. The van der Waals surface area contributed by atoms with Crippen molar-refractivity contribution in [2.24, 2.45) is 0 Å². The number of nitriles is 1. The molecule has 0 heterocycles. The van der Waals surface area contributed by atoms with Crippen LogP contribution in [0.5, 0.6) is 0 Å². The minimum absolute atomic E-state index is 0.194. The maximum absolute atomic E-state index is 11.8. The van der Waals surface area contributed by atoms with E-state index in [2.05, 4.69) is 11.0 Å². The largest absolute Gasteiger partial charge is 0.305 e. The molecule has 0 atom stereocenters. The molecule has 0 amide bonds. The highest BCUT2D eigenvalue weighted by molar-refractivity contribution is 5.95. The van der Waals surface area contributed by atoms with Crippen LogP contribution in [0.1, 0.15) is 29.6 Å². The summed E-state index contributed by atoms with van der Waals surface area (Å²) in [6.07, 6.45) is 1.96. The van der Waals surface area contributed by atoms with Gasteiger partial charge in [-0.15, -0.1) is 0 Å². The second-order valence-corrected chi connectivity index (χ2v) is 4.10. The minimum Gasteiger partial charge on any atom is -0.305 e. The van der Waals surface area contributed by atoms with Crippen LogP contribution < -0.4 is 0 Å². The van der Waals surface area contributed by atoms with Crippen molar-refractivity contribution < 1.29 is 4.79 Å². The molecule has 3 nitrogen and oxygen atoms in total. The number of hydrogen-bond acceptors (Lipinski definition) is 3. The Hall–Kier alpha value is -1.66. The molecule has 0 aromatic heterocycles. The summed E-state index contributed by atoms with van der Waals surface area (Å²) in [6.45, 7) is 1.64. The molecule has 90 valence electrons. The first-order chi connectivity index (χ1) is 8.24. The van der Waals surface area contributed by atoms with Crippen molar-refractivity contribution in [3.63, 3.8) is 0 Å². The van der Waals surface area contributed by atoms with Crippen molar-refractivity contribution in [2.45, 2.75) is 19.3 Å². The van der Waals surface area contributed by atoms with Gasteiger partial charge in [0.15, 0.2) is 5.78 Å². The van der Waals surface area contributed by atoms with Gasteiger partial charge in [0.25, 0.3) is 0 Å². The van der Waals surface area contributed by atoms with Crippen LogP contribution in [0.15, 0.2) is 30.3 Å². The normalized spacial score (nSPS) is 10.2. The SMILES string of the molecule is CN(CCC#N)CCCC(=O)c1ccccc1. The lowest BCUT2D eigenvalue weighted by Crippen LogP contribution is -2.21. The number of carbonyl (C=O) groups excluding carboxylic acids is 1. The second-order valence-electron chi connectivity index (χ2n) is 4.10. The van der Waals surface area contributed by atoms with Crippen molar-refractivity contribution in [1.29, 1.82) is 5.26 Å². The van der Waals surface area contributed by atoms with E-state index in [1.807, 2.05) is 37.4 Å². The fourth-order valence-corrected chi connectivity index (χ4v) is 1.63. The van der Waals surface area contributed by atoms with Crippen molar-refractivity contribution >= 4 is 5.78 Å². The zero-order valence-electron chi connectivity index (χ0n) is 10.2. The van der Waals surface area contributed by atoms with Crippen LogP contribution in [0, 0.1) is 11.3 Å². The van der Waals surface area contributed by atoms with E-state index in [9.17, 15) is 4.79 Å². The lowest BCUT2D eigenvalue weighted by molar-refractivity contribution is 0.0976. The summed E-state index contributed by atoms with van der Waals surface area (Å²) in [5.74, 6) is 0.194. The first kappa shape index (κ1) is 13.4.